The Kier molecular flexibility index (Phi) is 5.59. The average Bonchev–Trinajstić information content (AvgIpc) is 2.99. The Morgan fingerprint density at radius 3 is 2.52 bits per heavy atom. The third kappa shape index (κ3) is 4.18. The van der Waals surface area contributed by atoms with Gasteiger partial charge in [-0.15, -0.1) is 0 Å². The molecule has 0 aliphatic rings. The maximum Gasteiger partial charge on any atom is 0.303 e. The zero-order chi connectivity index (χ0) is 19.6. The van der Waals surface area contributed by atoms with Crippen molar-refractivity contribution in [2.45, 2.75) is 53.4 Å². The number of hydrogen-bond donors (Lipinski definition) is 1. The predicted molar refractivity (Wildman–Crippen MR) is 107 cm³/mol. The molecule has 2 heterocycles. The van der Waals surface area contributed by atoms with Crippen molar-refractivity contribution in [2.24, 2.45) is 5.92 Å². The molecule has 0 bridgehead atoms. The van der Waals surface area contributed by atoms with Crippen LogP contribution < -0.4 is 0 Å². The second-order valence-electron chi connectivity index (χ2n) is 7.38. The van der Waals surface area contributed by atoms with Gasteiger partial charge in [0, 0.05) is 24.2 Å². The molecule has 1 N–H and O–H groups in total. The van der Waals surface area contributed by atoms with Crippen LogP contribution in [0.15, 0.2) is 30.3 Å². The summed E-state index contributed by atoms with van der Waals surface area (Å²) >= 11 is 0. The van der Waals surface area contributed by atoms with Crippen molar-refractivity contribution in [3.63, 3.8) is 0 Å². The Balaban J connectivity index is 1.90. The van der Waals surface area contributed by atoms with E-state index in [4.69, 9.17) is 15.1 Å². The average molecular weight is 365 g/mol. The van der Waals surface area contributed by atoms with Gasteiger partial charge in [0.05, 0.1) is 0 Å². The van der Waals surface area contributed by atoms with Crippen LogP contribution in [-0.2, 0) is 17.6 Å². The summed E-state index contributed by atoms with van der Waals surface area (Å²) in [5, 5.41) is 8.83. The summed E-state index contributed by atoms with van der Waals surface area (Å²) in [6, 6.07) is 10.5. The monoisotopic (exact) mass is 365 g/mol. The van der Waals surface area contributed by atoms with E-state index in [1.807, 2.05) is 6.92 Å². The van der Waals surface area contributed by atoms with Crippen LogP contribution in [0.25, 0.3) is 16.9 Å². The molecule has 1 aromatic carbocycles. The maximum atomic E-state index is 10.7. The highest BCUT2D eigenvalue weighted by atomic mass is 16.4. The number of carboxylic acids is 1. The molecule has 2 aromatic heterocycles. The summed E-state index contributed by atoms with van der Waals surface area (Å²) in [5.41, 5.74) is 6.30. The van der Waals surface area contributed by atoms with E-state index in [2.05, 4.69) is 55.7 Å². The molecule has 0 saturated heterocycles. The third-order valence-corrected chi connectivity index (χ3v) is 4.95. The summed E-state index contributed by atoms with van der Waals surface area (Å²) < 4.78 is 2.15. The lowest BCUT2D eigenvalue weighted by molar-refractivity contribution is -0.137. The van der Waals surface area contributed by atoms with Crippen molar-refractivity contribution in [3.8, 4) is 5.69 Å². The van der Waals surface area contributed by atoms with Gasteiger partial charge in [0.2, 0.25) is 0 Å². The first kappa shape index (κ1) is 19.1. The van der Waals surface area contributed by atoms with Crippen LogP contribution in [0, 0.1) is 19.8 Å². The molecule has 0 fully saturated rings. The van der Waals surface area contributed by atoms with Gasteiger partial charge in [0.25, 0.3) is 0 Å². The summed E-state index contributed by atoms with van der Waals surface area (Å²) in [6.07, 6.45) is 2.65. The van der Waals surface area contributed by atoms with E-state index in [1.54, 1.807) is 0 Å². The molecule has 3 aromatic rings. The molecular formula is C22H27N3O2. The minimum absolute atomic E-state index is 0.227. The highest BCUT2D eigenvalue weighted by molar-refractivity contribution is 5.78. The predicted octanol–water partition coefficient (Wildman–Crippen LogP) is 4.64. The highest BCUT2D eigenvalue weighted by Gasteiger charge is 2.15. The fourth-order valence-corrected chi connectivity index (χ4v) is 3.57. The molecule has 0 unspecified atom stereocenters. The Morgan fingerprint density at radius 1 is 1.19 bits per heavy atom. The number of rotatable bonds is 7. The van der Waals surface area contributed by atoms with Gasteiger partial charge >= 0.3 is 5.97 Å². The quantitative estimate of drug-likeness (QED) is 0.662. The summed E-state index contributed by atoms with van der Waals surface area (Å²) in [5.74, 6) is 0.627. The number of nitrogens with zero attached hydrogens (tertiary/aromatic N) is 3. The number of aromatic nitrogens is 3. The molecule has 1 atom stereocenters. The van der Waals surface area contributed by atoms with Crippen molar-refractivity contribution in [3.05, 3.63) is 53.0 Å². The van der Waals surface area contributed by atoms with E-state index >= 15 is 0 Å². The van der Waals surface area contributed by atoms with Gasteiger partial charge in [-0.3, -0.25) is 9.36 Å². The minimum Gasteiger partial charge on any atom is -0.481 e. The van der Waals surface area contributed by atoms with Crippen LogP contribution in [-0.4, -0.2) is 25.6 Å². The smallest absolute Gasteiger partial charge is 0.303 e. The molecule has 0 amide bonds. The molecule has 0 aliphatic heterocycles. The van der Waals surface area contributed by atoms with Crippen LogP contribution in [0.5, 0.6) is 0 Å². The lowest BCUT2D eigenvalue weighted by Crippen LogP contribution is -2.05. The SMILES string of the molecule is CCc1nc2c(C)cc(C)nc2n1-c1ccc(C[C@@H](C)CCC(=O)O)cc1. The van der Waals surface area contributed by atoms with Crippen molar-refractivity contribution in [2.75, 3.05) is 0 Å². The number of benzene rings is 1. The highest BCUT2D eigenvalue weighted by Crippen LogP contribution is 2.24. The van der Waals surface area contributed by atoms with Gasteiger partial charge in [-0.25, -0.2) is 9.97 Å². The van der Waals surface area contributed by atoms with E-state index in [0.29, 0.717) is 12.3 Å². The normalized spacial score (nSPS) is 12.4. The number of fused-ring (bicyclic) bond motifs is 1. The van der Waals surface area contributed by atoms with E-state index in [-0.39, 0.29) is 6.42 Å². The maximum absolute atomic E-state index is 10.7. The largest absolute Gasteiger partial charge is 0.481 e. The molecule has 3 rings (SSSR count). The standard InChI is InChI=1S/C22H27N3O2/c1-5-19-24-21-15(3)13-16(4)23-22(21)25(19)18-9-7-17(8-10-18)12-14(2)6-11-20(26)27/h7-10,13-14H,5-6,11-12H2,1-4H3,(H,26,27)/t14-/m0/s1. The Morgan fingerprint density at radius 2 is 1.89 bits per heavy atom. The fourth-order valence-electron chi connectivity index (χ4n) is 3.57. The zero-order valence-electron chi connectivity index (χ0n) is 16.5. The minimum atomic E-state index is -0.727. The van der Waals surface area contributed by atoms with Crippen LogP contribution in [0.1, 0.15) is 49.3 Å². The van der Waals surface area contributed by atoms with E-state index < -0.39 is 5.97 Å². The van der Waals surface area contributed by atoms with Crippen molar-refractivity contribution in [1.82, 2.24) is 14.5 Å². The molecular weight excluding hydrogens is 338 g/mol. The molecule has 0 aliphatic carbocycles. The second kappa shape index (κ2) is 7.91. The number of aliphatic carboxylic acids is 1. The Hall–Kier alpha value is -2.69. The first-order valence-electron chi connectivity index (χ1n) is 9.55. The summed E-state index contributed by atoms with van der Waals surface area (Å²) in [4.78, 5) is 20.3. The zero-order valence-corrected chi connectivity index (χ0v) is 16.5. The fraction of sp³-hybridized carbons (Fsp3) is 0.409. The van der Waals surface area contributed by atoms with Gasteiger partial charge in [-0.2, -0.15) is 0 Å². The molecule has 5 nitrogen and oxygen atoms in total. The Labute approximate surface area is 160 Å². The van der Waals surface area contributed by atoms with Gasteiger partial charge in [0.1, 0.15) is 11.3 Å². The van der Waals surface area contributed by atoms with E-state index in [0.717, 1.165) is 46.8 Å². The van der Waals surface area contributed by atoms with Crippen LogP contribution in [0.4, 0.5) is 0 Å². The number of aryl methyl sites for hydroxylation is 3. The lowest BCUT2D eigenvalue weighted by atomic mass is 9.96. The van der Waals surface area contributed by atoms with Gasteiger partial charge in [0.15, 0.2) is 5.65 Å². The first-order chi connectivity index (χ1) is 12.9. The number of hydrogen-bond acceptors (Lipinski definition) is 3. The van der Waals surface area contributed by atoms with Gasteiger partial charge in [-0.1, -0.05) is 26.0 Å². The molecule has 0 saturated carbocycles. The molecule has 0 radical (unpaired) electrons. The number of carboxylic acid groups (broad SMARTS) is 1. The topological polar surface area (TPSA) is 68.0 Å². The van der Waals surface area contributed by atoms with Crippen molar-refractivity contribution >= 4 is 17.1 Å². The third-order valence-electron chi connectivity index (χ3n) is 4.95. The molecule has 142 valence electrons. The number of carbonyl (C=O) groups is 1. The summed E-state index contributed by atoms with van der Waals surface area (Å²) in [6.45, 7) is 8.30. The Bertz CT molecular complexity index is 958. The molecule has 27 heavy (non-hydrogen) atoms. The second-order valence-corrected chi connectivity index (χ2v) is 7.38. The van der Waals surface area contributed by atoms with Crippen LogP contribution in [0.3, 0.4) is 0 Å². The van der Waals surface area contributed by atoms with E-state index in [1.165, 1.54) is 5.56 Å². The summed E-state index contributed by atoms with van der Waals surface area (Å²) in [7, 11) is 0. The number of pyridine rings is 1. The van der Waals surface area contributed by atoms with Crippen molar-refractivity contribution < 1.29 is 9.90 Å². The van der Waals surface area contributed by atoms with Crippen molar-refractivity contribution in [1.29, 1.82) is 0 Å². The molecule has 0 spiro atoms. The van der Waals surface area contributed by atoms with Crippen LogP contribution in [0.2, 0.25) is 0 Å². The number of imidazole rings is 1. The lowest BCUT2D eigenvalue weighted by Gasteiger charge is -2.12. The van der Waals surface area contributed by atoms with Gasteiger partial charge in [-0.05, 0) is 61.9 Å². The first-order valence-corrected chi connectivity index (χ1v) is 9.55. The van der Waals surface area contributed by atoms with Crippen LogP contribution >= 0.6 is 0 Å². The molecule has 5 heteroatoms. The van der Waals surface area contributed by atoms with E-state index in [9.17, 15) is 4.79 Å². The van der Waals surface area contributed by atoms with Gasteiger partial charge < -0.3 is 5.11 Å².